The molecular weight excluding hydrogens is 528 g/mol. The van der Waals surface area contributed by atoms with Crippen LogP contribution in [0, 0.1) is 0 Å². The highest BCUT2D eigenvalue weighted by atomic mass is 16.4. The van der Waals surface area contributed by atoms with Crippen LogP contribution < -0.4 is 11.1 Å². The Hall–Kier alpha value is -3.30. The van der Waals surface area contributed by atoms with E-state index < -0.39 is 72.5 Å². The van der Waals surface area contributed by atoms with Crippen LogP contribution in [0.5, 0.6) is 0 Å². The smallest absolute Gasteiger partial charge is 0.326 e. The highest BCUT2D eigenvalue weighted by Crippen LogP contribution is 2.27. The second-order valence-corrected chi connectivity index (χ2v) is 10.9. The Balaban J connectivity index is 1.36. The van der Waals surface area contributed by atoms with Crippen molar-refractivity contribution in [2.75, 3.05) is 39.3 Å². The van der Waals surface area contributed by atoms with E-state index in [1.807, 2.05) is 0 Å². The Morgan fingerprint density at radius 1 is 0.725 bits per heavy atom. The van der Waals surface area contributed by atoms with Gasteiger partial charge in [-0.05, 0) is 25.7 Å². The third-order valence-electron chi connectivity index (χ3n) is 8.20. The van der Waals surface area contributed by atoms with Gasteiger partial charge in [0.1, 0.15) is 24.2 Å². The highest BCUT2D eigenvalue weighted by molar-refractivity contribution is 5.95. The number of nitrogens with zero attached hydrogens (tertiary/aromatic N) is 4. The molecule has 0 bridgehead atoms. The van der Waals surface area contributed by atoms with Crippen LogP contribution in [0.4, 0.5) is 0 Å². The highest BCUT2D eigenvalue weighted by Gasteiger charge is 2.46. The normalized spacial score (nSPS) is 30.2. The molecule has 4 rings (SSSR count). The van der Waals surface area contributed by atoms with E-state index in [-0.39, 0.29) is 51.3 Å². The van der Waals surface area contributed by atoms with Crippen molar-refractivity contribution in [1.29, 1.82) is 0 Å². The van der Waals surface area contributed by atoms with Crippen molar-refractivity contribution >= 4 is 35.5 Å². The number of β-amino-alcohol motifs (C(OH)–C–C–N with tert-alkyl or cyclic N) is 2. The maximum Gasteiger partial charge on any atom is 0.326 e. The summed E-state index contributed by atoms with van der Waals surface area (Å²) in [5.41, 5.74) is 5.49. The minimum atomic E-state index is -1.23. The molecule has 40 heavy (non-hydrogen) atoms. The molecule has 4 fully saturated rings. The molecule has 5 amide bonds. The molecule has 4 heterocycles. The van der Waals surface area contributed by atoms with Crippen molar-refractivity contribution in [3.8, 4) is 0 Å². The summed E-state index contributed by atoms with van der Waals surface area (Å²) in [6, 6.07) is -3.84. The molecule has 0 spiro atoms. The van der Waals surface area contributed by atoms with Gasteiger partial charge in [-0.15, -0.1) is 0 Å². The van der Waals surface area contributed by atoms with Crippen LogP contribution in [0.1, 0.15) is 44.9 Å². The second kappa shape index (κ2) is 12.5. The molecule has 6 N–H and O–H groups in total. The van der Waals surface area contributed by atoms with Gasteiger partial charge < -0.3 is 46.0 Å². The monoisotopic (exact) mass is 566 g/mol. The van der Waals surface area contributed by atoms with Crippen LogP contribution in [0.25, 0.3) is 0 Å². The van der Waals surface area contributed by atoms with Crippen LogP contribution in [0.15, 0.2) is 0 Å². The van der Waals surface area contributed by atoms with Gasteiger partial charge in [-0.25, -0.2) is 4.79 Å². The zero-order valence-electron chi connectivity index (χ0n) is 22.3. The lowest BCUT2D eigenvalue weighted by Gasteiger charge is -2.31. The number of carboxylic acids is 1. The van der Waals surface area contributed by atoms with Gasteiger partial charge in [0.05, 0.1) is 18.8 Å². The number of aliphatic carboxylic acids is 1. The lowest BCUT2D eigenvalue weighted by Crippen LogP contribution is -2.55. The van der Waals surface area contributed by atoms with Crippen LogP contribution in [-0.4, -0.2) is 146 Å². The summed E-state index contributed by atoms with van der Waals surface area (Å²) in [7, 11) is 0. The van der Waals surface area contributed by atoms with Crippen molar-refractivity contribution in [2.24, 2.45) is 5.73 Å². The summed E-state index contributed by atoms with van der Waals surface area (Å²) in [5, 5.41) is 32.1. The molecule has 15 heteroatoms. The van der Waals surface area contributed by atoms with Crippen LogP contribution in [0.2, 0.25) is 0 Å². The molecule has 0 saturated carbocycles. The minimum Gasteiger partial charge on any atom is -0.480 e. The first-order valence-corrected chi connectivity index (χ1v) is 13.8. The number of amides is 5. The number of carbonyl (C=O) groups is 6. The van der Waals surface area contributed by atoms with Crippen molar-refractivity contribution in [3.05, 3.63) is 0 Å². The van der Waals surface area contributed by atoms with E-state index >= 15 is 0 Å². The first-order valence-electron chi connectivity index (χ1n) is 13.8. The van der Waals surface area contributed by atoms with E-state index in [1.54, 1.807) is 0 Å². The molecule has 0 aliphatic carbocycles. The fourth-order valence-corrected chi connectivity index (χ4v) is 6.27. The number of carbonyl (C=O) groups excluding carboxylic acids is 5. The number of hydrogen-bond donors (Lipinski definition) is 5. The quantitative estimate of drug-likeness (QED) is 0.195. The summed E-state index contributed by atoms with van der Waals surface area (Å²) < 4.78 is 0. The summed E-state index contributed by atoms with van der Waals surface area (Å²) in [6.07, 6.45) is 0.0174. The Morgan fingerprint density at radius 2 is 1.23 bits per heavy atom. The van der Waals surface area contributed by atoms with Crippen molar-refractivity contribution in [3.63, 3.8) is 0 Å². The molecule has 6 atom stereocenters. The third kappa shape index (κ3) is 6.05. The molecule has 0 radical (unpaired) electrons. The number of rotatable bonds is 8. The molecule has 0 aromatic carbocycles. The maximum absolute atomic E-state index is 13.3. The molecule has 0 aromatic rings. The van der Waals surface area contributed by atoms with Gasteiger partial charge >= 0.3 is 5.97 Å². The Bertz CT molecular complexity index is 1040. The fourth-order valence-electron chi connectivity index (χ4n) is 6.27. The number of hydrogen-bond acceptors (Lipinski definition) is 9. The average Bonchev–Trinajstić information content (AvgIpc) is 3.71. The molecule has 4 aliphatic rings. The predicted octanol–water partition coefficient (Wildman–Crippen LogP) is -3.56. The molecular formula is C25H38N6O9. The van der Waals surface area contributed by atoms with Crippen molar-refractivity contribution < 1.29 is 44.1 Å². The Morgan fingerprint density at radius 3 is 1.75 bits per heavy atom. The summed E-state index contributed by atoms with van der Waals surface area (Å²) in [6.45, 7) is 0.162. The summed E-state index contributed by atoms with van der Waals surface area (Å²) >= 11 is 0. The maximum atomic E-state index is 13.3. The zero-order chi connectivity index (χ0) is 29.1. The largest absolute Gasteiger partial charge is 0.480 e. The average molecular weight is 567 g/mol. The lowest BCUT2D eigenvalue weighted by atomic mass is 10.1. The number of likely N-dealkylation sites (tertiary alicyclic amines) is 4. The Kier molecular flexibility index (Phi) is 9.26. The van der Waals surface area contributed by atoms with Crippen LogP contribution in [0.3, 0.4) is 0 Å². The minimum absolute atomic E-state index is 0.0199. The van der Waals surface area contributed by atoms with Gasteiger partial charge in [0.25, 0.3) is 0 Å². The molecule has 15 nitrogen and oxygen atoms in total. The van der Waals surface area contributed by atoms with E-state index in [1.165, 1.54) is 14.7 Å². The molecule has 4 aliphatic heterocycles. The van der Waals surface area contributed by atoms with Gasteiger partial charge in [0.15, 0.2) is 0 Å². The van der Waals surface area contributed by atoms with Gasteiger partial charge in [-0.1, -0.05) is 0 Å². The topological polar surface area (TPSA) is 214 Å². The van der Waals surface area contributed by atoms with Gasteiger partial charge in [-0.3, -0.25) is 24.0 Å². The first kappa shape index (κ1) is 29.7. The number of nitrogens with two attached hydrogens (primary N) is 1. The Labute approximate surface area is 231 Å². The fraction of sp³-hybridized carbons (Fsp3) is 0.760. The zero-order valence-corrected chi connectivity index (χ0v) is 22.3. The summed E-state index contributed by atoms with van der Waals surface area (Å²) in [5.74, 6) is -3.62. The van der Waals surface area contributed by atoms with E-state index in [0.717, 1.165) is 4.90 Å². The third-order valence-corrected chi connectivity index (χ3v) is 8.20. The SMILES string of the molecule is NCCC(=O)N1CCC[C@H]1C(=O)N1C[C@H](O)C[C@H]1C(=O)NCC(=O)N1CCC[C@H]1C(=O)N1C[C@H](O)C[C@H]1C(=O)O. The van der Waals surface area contributed by atoms with Gasteiger partial charge in [0, 0.05) is 52.0 Å². The van der Waals surface area contributed by atoms with E-state index in [0.29, 0.717) is 32.2 Å². The number of aliphatic hydroxyl groups excluding tert-OH is 2. The predicted molar refractivity (Wildman–Crippen MR) is 136 cm³/mol. The van der Waals surface area contributed by atoms with E-state index in [4.69, 9.17) is 5.73 Å². The van der Waals surface area contributed by atoms with E-state index in [2.05, 4.69) is 5.32 Å². The van der Waals surface area contributed by atoms with Crippen LogP contribution >= 0.6 is 0 Å². The second-order valence-electron chi connectivity index (χ2n) is 10.9. The molecule has 222 valence electrons. The summed E-state index contributed by atoms with van der Waals surface area (Å²) in [4.78, 5) is 81.7. The van der Waals surface area contributed by atoms with Crippen molar-refractivity contribution in [1.82, 2.24) is 24.9 Å². The molecule has 0 aromatic heterocycles. The standard InChI is InChI=1S/C25H38N6O9/c26-6-5-20(34)28-7-1-3-16(28)23(37)30-12-14(32)9-18(30)22(36)27-11-21(35)29-8-2-4-17(29)24(38)31-13-15(33)10-19(31)25(39)40/h14-19,32-33H,1-13,26H2,(H,27,36)(H,39,40)/t14-,15-,16+,17+,18+,19+/m1/s1. The lowest BCUT2D eigenvalue weighted by molar-refractivity contribution is -0.151. The molecule has 0 unspecified atom stereocenters. The van der Waals surface area contributed by atoms with Gasteiger partial charge in [0.2, 0.25) is 29.5 Å². The number of aliphatic hydroxyl groups is 2. The van der Waals surface area contributed by atoms with E-state index in [9.17, 15) is 44.1 Å². The molecule has 4 saturated heterocycles. The van der Waals surface area contributed by atoms with Gasteiger partial charge in [-0.2, -0.15) is 0 Å². The first-order chi connectivity index (χ1) is 19.0. The number of carboxylic acid groups (broad SMARTS) is 1. The van der Waals surface area contributed by atoms with Crippen molar-refractivity contribution in [2.45, 2.75) is 81.3 Å². The van der Waals surface area contributed by atoms with Crippen LogP contribution in [-0.2, 0) is 28.8 Å². The number of nitrogens with one attached hydrogen (secondary N) is 1.